The molecular weight excluding hydrogens is 1440 g/mol. The Balaban J connectivity index is 1.83. The van der Waals surface area contributed by atoms with Crippen molar-refractivity contribution in [3.63, 3.8) is 0 Å². The van der Waals surface area contributed by atoms with Crippen LogP contribution in [0.15, 0.2) is 18.2 Å². The largest absolute Gasteiger partial charge is 0.508 e. The minimum Gasteiger partial charge on any atom is -0.508 e. The SMILES string of the molecule is CCCCCCCCCCCCC(C)[C@@H]1CC(=O)N[C@H]([C@@H](C)O)C(=O)N[C@H](C)C(=O)N[C@@H](Cc2ccc(O)c(C)c2)C(=O)N[C@@H](C(C)C)C(=O)N2C[C@H](O)C[C@H]2C(=O)N[C@H]([C@@H](C)O)C(=O)N[C@@H]([C@@H](C)O)C(=O)N2CC[C@H](O)[C@H]2C(=O)NC(C(O)CC(N)=O)C(=O)NCC(=O)N[C@H]([C@@H](C)O)C(=O)N[C@@H](CCCN)C(=O)O1. The standard InChI is InChI=1S/C73H120N14O23/c1-11-12-13-14-15-16-17-18-19-20-22-37(4)52-33-54(97)80-57(40(7)88)67(103)77-39(6)63(99)79-47(30-44-24-25-49(93)38(5)29-44)64(100)82-56(36(2)3)71(107)87-35-45(92)31-48(87)65(101)83-59(42(9)90)69(105)84-60(43(10)91)72(108)86-28-26-50(94)62(86)70(106)85-61(51(95)32-53(75)96)66(102)76-34-55(98)81-58(41(8)89)68(104)78-46(23-21-27-74)73(109)110-52/h24-25,29,36-37,39-43,45-48,50-52,56-62,88-95H,11-23,26-28,30-35,74H2,1-10H3,(H2,75,96)(H,76,102)(H,77,103)(H,78,104)(H,79,99)(H,80,97)(H,81,98)(H,82,100)(H,83,101)(H,84,105)(H,85,106)/t37?,39-,40-,41-,42-,43-,45-,46+,47+,48+,50+,51?,52+,56+,57-,58-,59-,60+,61?,62+/m1/s1. The number of unbranched alkanes of at least 4 members (excludes halogenated alkanes) is 9. The van der Waals surface area contributed by atoms with Crippen molar-refractivity contribution in [2.75, 3.05) is 26.2 Å². The molecule has 0 aliphatic carbocycles. The van der Waals surface area contributed by atoms with E-state index in [2.05, 4.69) is 60.1 Å². The third-order valence-corrected chi connectivity index (χ3v) is 19.8. The minimum atomic E-state index is -2.22. The highest BCUT2D eigenvalue weighted by molar-refractivity contribution is 6.00. The number of carbonyl (C=O) groups is 14. The summed E-state index contributed by atoms with van der Waals surface area (Å²) < 4.78 is 6.06. The van der Waals surface area contributed by atoms with Crippen LogP contribution in [0.4, 0.5) is 0 Å². The van der Waals surface area contributed by atoms with Gasteiger partial charge in [-0.2, -0.15) is 0 Å². The number of hydrogen-bond acceptors (Lipinski definition) is 24. The number of aromatic hydroxyl groups is 1. The monoisotopic (exact) mass is 1560 g/mol. The van der Waals surface area contributed by atoms with E-state index in [1.54, 1.807) is 13.8 Å². The molecule has 37 heteroatoms. The Morgan fingerprint density at radius 3 is 1.66 bits per heavy atom. The van der Waals surface area contributed by atoms with Gasteiger partial charge in [0.25, 0.3) is 0 Å². The molecule has 3 unspecified atom stereocenters. The van der Waals surface area contributed by atoms with Crippen molar-refractivity contribution in [2.24, 2.45) is 23.3 Å². The van der Waals surface area contributed by atoms with Gasteiger partial charge in [-0.1, -0.05) is 104 Å². The lowest BCUT2D eigenvalue weighted by atomic mass is 9.94. The predicted molar refractivity (Wildman–Crippen MR) is 395 cm³/mol. The minimum absolute atomic E-state index is 0.0201. The van der Waals surface area contributed by atoms with E-state index in [4.69, 9.17) is 16.2 Å². The third-order valence-electron chi connectivity index (χ3n) is 19.8. The smallest absolute Gasteiger partial charge is 0.328 e. The van der Waals surface area contributed by atoms with Crippen molar-refractivity contribution in [1.82, 2.24) is 63.0 Å². The summed E-state index contributed by atoms with van der Waals surface area (Å²) in [5.74, 6) is -17.7. The predicted octanol–water partition coefficient (Wildman–Crippen LogP) is -4.92. The Labute approximate surface area is 640 Å². The normalized spacial score (nSPS) is 28.2. The zero-order valence-corrected chi connectivity index (χ0v) is 64.7. The number of nitrogens with zero attached hydrogens (tertiary/aromatic N) is 2. The van der Waals surface area contributed by atoms with Crippen molar-refractivity contribution in [1.29, 1.82) is 0 Å². The maximum absolute atomic E-state index is 14.8. The molecule has 0 aromatic heterocycles. The average molecular weight is 1560 g/mol. The van der Waals surface area contributed by atoms with Crippen molar-refractivity contribution < 1.29 is 113 Å². The third kappa shape index (κ3) is 28.9. The Morgan fingerprint density at radius 2 is 1.10 bits per heavy atom. The van der Waals surface area contributed by atoms with Crippen LogP contribution in [-0.2, 0) is 78.3 Å². The maximum Gasteiger partial charge on any atom is 0.328 e. The first kappa shape index (κ1) is 93.7. The number of benzene rings is 1. The fourth-order valence-electron chi connectivity index (χ4n) is 13.2. The number of aryl methyl sites for hydroxylation is 1. The molecule has 0 saturated carbocycles. The van der Waals surface area contributed by atoms with Crippen LogP contribution in [0.25, 0.3) is 0 Å². The highest BCUT2D eigenvalue weighted by atomic mass is 16.5. The molecule has 4 rings (SSSR count). The summed E-state index contributed by atoms with van der Waals surface area (Å²) in [4.78, 5) is 200. The summed E-state index contributed by atoms with van der Waals surface area (Å²) >= 11 is 0. The van der Waals surface area contributed by atoms with E-state index in [-0.39, 0.29) is 38.0 Å². The number of hydrogen-bond donors (Lipinski definition) is 20. The topological polar surface area (TPSA) is 589 Å². The van der Waals surface area contributed by atoms with Crippen LogP contribution < -0.4 is 64.6 Å². The molecule has 0 bridgehead atoms. The van der Waals surface area contributed by atoms with Gasteiger partial charge in [-0.25, -0.2) is 4.79 Å². The molecule has 3 saturated heterocycles. The van der Waals surface area contributed by atoms with Gasteiger partial charge in [-0.3, -0.25) is 62.3 Å². The van der Waals surface area contributed by atoms with E-state index in [0.29, 0.717) is 28.9 Å². The van der Waals surface area contributed by atoms with Crippen LogP contribution in [-0.4, -0.2) is 275 Å². The van der Waals surface area contributed by atoms with Crippen LogP contribution in [0.1, 0.15) is 183 Å². The zero-order valence-electron chi connectivity index (χ0n) is 64.7. The molecule has 110 heavy (non-hydrogen) atoms. The van der Waals surface area contributed by atoms with Crippen molar-refractivity contribution in [3.8, 4) is 5.75 Å². The molecule has 3 aliphatic heterocycles. The molecule has 22 N–H and O–H groups in total. The van der Waals surface area contributed by atoms with Gasteiger partial charge in [0.15, 0.2) is 0 Å². The average Bonchev–Trinajstić information content (AvgIpc) is 1.63. The summed E-state index contributed by atoms with van der Waals surface area (Å²) in [6, 6.07) is -15.5. The fourth-order valence-corrected chi connectivity index (χ4v) is 13.2. The molecule has 1 aromatic carbocycles. The highest BCUT2D eigenvalue weighted by Crippen LogP contribution is 2.26. The quantitative estimate of drug-likeness (QED) is 0.0322. The lowest BCUT2D eigenvalue weighted by Crippen LogP contribution is -2.64. The van der Waals surface area contributed by atoms with E-state index in [9.17, 15) is 108 Å². The van der Waals surface area contributed by atoms with Crippen LogP contribution in [0.3, 0.4) is 0 Å². The van der Waals surface area contributed by atoms with Crippen molar-refractivity contribution in [3.05, 3.63) is 29.3 Å². The molecule has 1 aromatic rings. The first-order chi connectivity index (χ1) is 51.7. The van der Waals surface area contributed by atoms with Gasteiger partial charge in [0.05, 0.1) is 62.1 Å². The second-order valence-corrected chi connectivity index (χ2v) is 29.7. The van der Waals surface area contributed by atoms with Gasteiger partial charge in [0, 0.05) is 25.9 Å². The van der Waals surface area contributed by atoms with E-state index in [1.807, 2.05) is 0 Å². The summed E-state index contributed by atoms with van der Waals surface area (Å²) in [6.07, 6.45) is -6.18. The van der Waals surface area contributed by atoms with Crippen molar-refractivity contribution >= 4 is 82.8 Å². The lowest BCUT2D eigenvalue weighted by Gasteiger charge is -2.34. The number of amides is 13. The Kier molecular flexibility index (Phi) is 38.8. The molecular formula is C73H120N14O23. The van der Waals surface area contributed by atoms with Crippen LogP contribution in [0.5, 0.6) is 5.75 Å². The molecule has 3 fully saturated rings. The number of fused-ring (bicyclic) bond motifs is 2. The molecule has 20 atom stereocenters. The molecule has 3 aliphatic rings. The zero-order chi connectivity index (χ0) is 82.5. The van der Waals surface area contributed by atoms with Crippen molar-refractivity contribution in [2.45, 2.75) is 300 Å². The molecule has 620 valence electrons. The number of aliphatic hydroxyl groups is 7. The maximum atomic E-state index is 14.8. The number of phenolic OH excluding ortho intramolecular Hbond substituents is 1. The van der Waals surface area contributed by atoms with Crippen LogP contribution >= 0.6 is 0 Å². The van der Waals surface area contributed by atoms with Crippen LogP contribution in [0, 0.1) is 18.8 Å². The second-order valence-electron chi connectivity index (χ2n) is 29.7. The number of carbonyl (C=O) groups excluding carboxylic acids is 14. The summed E-state index contributed by atoms with van der Waals surface area (Å²) in [5, 5.41) is 112. The number of rotatable bonds is 25. The molecule has 37 nitrogen and oxygen atoms in total. The number of aliphatic hydroxyl groups excluding tert-OH is 7. The van der Waals surface area contributed by atoms with Gasteiger partial charge in [-0.05, 0) is 103 Å². The molecule has 13 amide bonds. The first-order valence-electron chi connectivity index (χ1n) is 38.1. The molecule has 0 radical (unpaired) electrons. The fraction of sp³-hybridized carbons (Fsp3) is 0.726. The molecule has 0 spiro atoms. The summed E-state index contributed by atoms with van der Waals surface area (Å²) in [7, 11) is 0. The molecule has 3 heterocycles. The Hall–Kier alpha value is -8.72. The number of esters is 1. The van der Waals surface area contributed by atoms with Gasteiger partial charge < -0.3 is 120 Å². The summed E-state index contributed by atoms with van der Waals surface area (Å²) in [6.45, 7) is 12.0. The highest BCUT2D eigenvalue weighted by Gasteiger charge is 2.48. The van der Waals surface area contributed by atoms with E-state index < -0.39 is 249 Å². The first-order valence-corrected chi connectivity index (χ1v) is 38.1. The van der Waals surface area contributed by atoms with E-state index in [1.165, 1.54) is 45.9 Å². The number of nitrogens with one attached hydrogen (secondary N) is 10. The van der Waals surface area contributed by atoms with Gasteiger partial charge in [-0.15, -0.1) is 0 Å². The van der Waals surface area contributed by atoms with Gasteiger partial charge >= 0.3 is 5.97 Å². The number of primary amides is 1. The van der Waals surface area contributed by atoms with Gasteiger partial charge in [0.1, 0.15) is 78.3 Å². The number of phenols is 1. The number of cyclic esters (lactones) is 1. The van der Waals surface area contributed by atoms with E-state index in [0.717, 1.165) is 83.5 Å². The van der Waals surface area contributed by atoms with Crippen LogP contribution in [0.2, 0.25) is 0 Å². The second kappa shape index (κ2) is 45.6. The Bertz CT molecular complexity index is 3310. The van der Waals surface area contributed by atoms with E-state index >= 15 is 0 Å². The Morgan fingerprint density at radius 1 is 0.582 bits per heavy atom. The summed E-state index contributed by atoms with van der Waals surface area (Å²) in [5.41, 5.74) is 12.0. The number of nitrogens with two attached hydrogens (primary N) is 2. The number of ether oxygens (including phenoxy) is 1. The van der Waals surface area contributed by atoms with Gasteiger partial charge in [0.2, 0.25) is 76.8 Å². The lowest BCUT2D eigenvalue weighted by molar-refractivity contribution is -0.158.